The van der Waals surface area contributed by atoms with Crippen LogP contribution in [0.2, 0.25) is 0 Å². The minimum atomic E-state index is -0.0587. The standard InChI is InChI=1S/2C8H15NO2/c2*1-9-5-3-4-7(6-9)8(10)11-2/h2*7H,3-6H2,1-2H3. The molecule has 0 aromatic heterocycles. The minimum Gasteiger partial charge on any atom is -0.469 e. The number of esters is 2. The molecule has 0 aromatic rings. The number of carbonyl (C=O) groups is 2. The summed E-state index contributed by atoms with van der Waals surface area (Å²) in [6, 6.07) is 0. The number of hydrogen-bond acceptors (Lipinski definition) is 6. The van der Waals surface area contributed by atoms with Gasteiger partial charge in [-0.05, 0) is 52.9 Å². The second-order valence-electron chi connectivity index (χ2n) is 6.25. The molecule has 2 atom stereocenters. The van der Waals surface area contributed by atoms with E-state index in [9.17, 15) is 9.59 Å². The van der Waals surface area contributed by atoms with Crippen molar-refractivity contribution < 1.29 is 19.1 Å². The number of carbonyl (C=O) groups excluding carboxylic acids is 2. The molecule has 2 saturated heterocycles. The number of piperidine rings is 2. The molecule has 0 aliphatic carbocycles. The lowest BCUT2D eigenvalue weighted by molar-refractivity contribution is -0.148. The predicted octanol–water partition coefficient (Wildman–Crippen LogP) is 1.00. The highest BCUT2D eigenvalue weighted by atomic mass is 16.5. The van der Waals surface area contributed by atoms with Crippen LogP contribution in [-0.2, 0) is 19.1 Å². The number of likely N-dealkylation sites (tertiary alicyclic amines) is 2. The van der Waals surface area contributed by atoms with Gasteiger partial charge in [-0.25, -0.2) is 0 Å². The van der Waals surface area contributed by atoms with Crippen LogP contribution in [0.15, 0.2) is 0 Å². The molecule has 2 aliphatic rings. The van der Waals surface area contributed by atoms with E-state index in [2.05, 4.69) is 19.3 Å². The van der Waals surface area contributed by atoms with Gasteiger partial charge in [-0.3, -0.25) is 9.59 Å². The van der Waals surface area contributed by atoms with Gasteiger partial charge in [-0.1, -0.05) is 0 Å². The lowest BCUT2D eigenvalue weighted by Gasteiger charge is -2.27. The molecular formula is C16H30N2O4. The molecule has 2 rings (SSSR count). The Hall–Kier alpha value is -1.14. The Morgan fingerprint density at radius 2 is 1.18 bits per heavy atom. The van der Waals surface area contributed by atoms with E-state index in [1.54, 1.807) is 0 Å². The Morgan fingerprint density at radius 1 is 0.818 bits per heavy atom. The SMILES string of the molecule is COC(=O)C1CCCN(C)C1.COC(=O)C1CCCN(C)C1. The second-order valence-corrected chi connectivity index (χ2v) is 6.25. The maximum Gasteiger partial charge on any atom is 0.309 e. The molecule has 6 heteroatoms. The monoisotopic (exact) mass is 314 g/mol. The van der Waals surface area contributed by atoms with E-state index in [0.29, 0.717) is 0 Å². The molecule has 0 saturated carbocycles. The highest BCUT2D eigenvalue weighted by molar-refractivity contribution is 5.73. The van der Waals surface area contributed by atoms with Crippen molar-refractivity contribution in [3.8, 4) is 0 Å². The van der Waals surface area contributed by atoms with Crippen LogP contribution in [0.5, 0.6) is 0 Å². The van der Waals surface area contributed by atoms with Crippen molar-refractivity contribution in [3.63, 3.8) is 0 Å². The Kier molecular flexibility index (Phi) is 8.42. The van der Waals surface area contributed by atoms with Crippen molar-refractivity contribution >= 4 is 11.9 Å². The highest BCUT2D eigenvalue weighted by Gasteiger charge is 2.24. The van der Waals surface area contributed by atoms with Crippen molar-refractivity contribution in [2.45, 2.75) is 25.7 Å². The third kappa shape index (κ3) is 6.32. The highest BCUT2D eigenvalue weighted by Crippen LogP contribution is 2.16. The van der Waals surface area contributed by atoms with E-state index in [0.717, 1.165) is 51.9 Å². The fourth-order valence-electron chi connectivity index (χ4n) is 3.05. The number of rotatable bonds is 2. The first-order chi connectivity index (χ1) is 10.5. The van der Waals surface area contributed by atoms with Crippen molar-refractivity contribution in [2.75, 3.05) is 54.5 Å². The smallest absolute Gasteiger partial charge is 0.309 e. The molecule has 2 fully saturated rings. The molecule has 0 radical (unpaired) electrons. The van der Waals surface area contributed by atoms with E-state index in [-0.39, 0.29) is 23.8 Å². The fourth-order valence-corrected chi connectivity index (χ4v) is 3.05. The molecule has 2 aliphatic heterocycles. The summed E-state index contributed by atoms with van der Waals surface area (Å²) in [4.78, 5) is 26.5. The van der Waals surface area contributed by atoms with E-state index >= 15 is 0 Å². The van der Waals surface area contributed by atoms with Crippen molar-refractivity contribution in [1.82, 2.24) is 9.80 Å². The van der Waals surface area contributed by atoms with Crippen LogP contribution in [0, 0.1) is 11.8 Å². The zero-order chi connectivity index (χ0) is 16.5. The van der Waals surface area contributed by atoms with Crippen LogP contribution in [0.3, 0.4) is 0 Å². The quantitative estimate of drug-likeness (QED) is 0.709. The van der Waals surface area contributed by atoms with Crippen molar-refractivity contribution in [2.24, 2.45) is 11.8 Å². The predicted molar refractivity (Wildman–Crippen MR) is 84.5 cm³/mol. The first-order valence-corrected chi connectivity index (χ1v) is 8.00. The zero-order valence-electron chi connectivity index (χ0n) is 14.3. The lowest BCUT2D eigenvalue weighted by Crippen LogP contribution is -2.36. The number of nitrogens with zero attached hydrogens (tertiary/aromatic N) is 2. The van der Waals surface area contributed by atoms with Crippen LogP contribution in [0.1, 0.15) is 25.7 Å². The Labute approximate surface area is 133 Å². The minimum absolute atomic E-state index is 0.0587. The first kappa shape index (κ1) is 18.9. The zero-order valence-corrected chi connectivity index (χ0v) is 14.3. The molecule has 22 heavy (non-hydrogen) atoms. The van der Waals surface area contributed by atoms with Gasteiger partial charge >= 0.3 is 11.9 Å². The molecule has 0 spiro atoms. The summed E-state index contributed by atoms with van der Waals surface area (Å²) in [6.07, 6.45) is 4.18. The van der Waals surface area contributed by atoms with Crippen LogP contribution in [0.25, 0.3) is 0 Å². The Morgan fingerprint density at radius 3 is 1.45 bits per heavy atom. The number of hydrogen-bond donors (Lipinski definition) is 0. The molecule has 0 amide bonds. The molecular weight excluding hydrogens is 284 g/mol. The number of ether oxygens (including phenoxy) is 2. The molecule has 0 aromatic carbocycles. The van der Waals surface area contributed by atoms with Crippen LogP contribution >= 0.6 is 0 Å². The number of methoxy groups -OCH3 is 2. The normalized spacial score (nSPS) is 26.5. The van der Waals surface area contributed by atoms with Crippen LogP contribution < -0.4 is 0 Å². The summed E-state index contributed by atoms with van der Waals surface area (Å²) in [5, 5.41) is 0. The Balaban J connectivity index is 0.000000220. The molecule has 128 valence electrons. The summed E-state index contributed by atoms with van der Waals surface area (Å²) in [5.74, 6) is 0.102. The van der Waals surface area contributed by atoms with Crippen molar-refractivity contribution in [3.05, 3.63) is 0 Å². The summed E-state index contributed by atoms with van der Waals surface area (Å²) in [7, 11) is 6.98. The van der Waals surface area contributed by atoms with Gasteiger partial charge in [0.2, 0.25) is 0 Å². The van der Waals surface area contributed by atoms with Crippen LogP contribution in [0.4, 0.5) is 0 Å². The fraction of sp³-hybridized carbons (Fsp3) is 0.875. The molecule has 2 unspecified atom stereocenters. The molecule has 6 nitrogen and oxygen atoms in total. The van der Waals surface area contributed by atoms with Gasteiger partial charge in [-0.2, -0.15) is 0 Å². The summed E-state index contributed by atoms with van der Waals surface area (Å²) >= 11 is 0. The van der Waals surface area contributed by atoms with E-state index in [1.807, 2.05) is 14.1 Å². The van der Waals surface area contributed by atoms with Gasteiger partial charge in [0.25, 0.3) is 0 Å². The molecule has 2 heterocycles. The lowest BCUT2D eigenvalue weighted by atomic mass is 9.99. The van der Waals surface area contributed by atoms with Gasteiger partial charge < -0.3 is 19.3 Å². The maximum absolute atomic E-state index is 11.1. The molecule has 0 N–H and O–H groups in total. The summed E-state index contributed by atoms with van der Waals surface area (Å²) in [5.41, 5.74) is 0. The van der Waals surface area contributed by atoms with Gasteiger partial charge in [0.1, 0.15) is 0 Å². The topological polar surface area (TPSA) is 59.1 Å². The van der Waals surface area contributed by atoms with E-state index < -0.39 is 0 Å². The second kappa shape index (κ2) is 9.79. The first-order valence-electron chi connectivity index (χ1n) is 8.00. The van der Waals surface area contributed by atoms with Gasteiger partial charge in [0.05, 0.1) is 26.1 Å². The summed E-state index contributed by atoms with van der Waals surface area (Å²) in [6.45, 7) is 3.92. The summed E-state index contributed by atoms with van der Waals surface area (Å²) < 4.78 is 9.34. The average molecular weight is 314 g/mol. The third-order valence-electron chi connectivity index (χ3n) is 4.32. The Bertz CT molecular complexity index is 328. The van der Waals surface area contributed by atoms with Crippen molar-refractivity contribution in [1.29, 1.82) is 0 Å². The largest absolute Gasteiger partial charge is 0.469 e. The average Bonchev–Trinajstić information content (AvgIpc) is 2.54. The van der Waals surface area contributed by atoms with Gasteiger partial charge in [-0.15, -0.1) is 0 Å². The van der Waals surface area contributed by atoms with E-state index in [4.69, 9.17) is 0 Å². The van der Waals surface area contributed by atoms with Crippen LogP contribution in [-0.4, -0.2) is 76.2 Å². The molecule has 0 bridgehead atoms. The van der Waals surface area contributed by atoms with Gasteiger partial charge in [0, 0.05) is 13.1 Å². The third-order valence-corrected chi connectivity index (χ3v) is 4.32. The van der Waals surface area contributed by atoms with E-state index in [1.165, 1.54) is 14.2 Å². The van der Waals surface area contributed by atoms with Gasteiger partial charge in [0.15, 0.2) is 0 Å². The maximum atomic E-state index is 11.1.